The van der Waals surface area contributed by atoms with Crippen LogP contribution in [0.5, 0.6) is 0 Å². The van der Waals surface area contributed by atoms with Gasteiger partial charge in [0.05, 0.1) is 23.1 Å². The van der Waals surface area contributed by atoms with E-state index in [2.05, 4.69) is 10.0 Å². The molecule has 2 aromatic rings. The first-order chi connectivity index (χ1) is 10.5. The maximum Gasteiger partial charge on any atom is 0.241 e. The van der Waals surface area contributed by atoms with Gasteiger partial charge in [-0.15, -0.1) is 0 Å². The van der Waals surface area contributed by atoms with Crippen molar-refractivity contribution >= 4 is 21.6 Å². The lowest BCUT2D eigenvalue weighted by molar-refractivity contribution is -0.115. The average molecular weight is 315 g/mol. The molecule has 2 aromatic carbocycles. The van der Waals surface area contributed by atoms with Gasteiger partial charge in [0.15, 0.2) is 0 Å². The highest BCUT2D eigenvalue weighted by molar-refractivity contribution is 7.89. The molecule has 0 aromatic heterocycles. The predicted molar refractivity (Wildman–Crippen MR) is 81.4 cm³/mol. The summed E-state index contributed by atoms with van der Waals surface area (Å²) in [5.74, 6) is -0.496. The zero-order valence-electron chi connectivity index (χ0n) is 11.5. The second kappa shape index (κ2) is 6.85. The molecular formula is C15H13N3O3S. The van der Waals surface area contributed by atoms with Gasteiger partial charge in [0.25, 0.3) is 0 Å². The van der Waals surface area contributed by atoms with Gasteiger partial charge >= 0.3 is 0 Å². The van der Waals surface area contributed by atoms with E-state index in [1.165, 1.54) is 12.1 Å². The first kappa shape index (κ1) is 15.7. The maximum absolute atomic E-state index is 11.9. The zero-order valence-corrected chi connectivity index (χ0v) is 12.3. The van der Waals surface area contributed by atoms with Gasteiger partial charge in [-0.1, -0.05) is 18.2 Å². The molecule has 0 saturated heterocycles. The number of carbonyl (C=O) groups is 1. The number of sulfonamides is 1. The van der Waals surface area contributed by atoms with Crippen LogP contribution in [-0.2, 0) is 14.8 Å². The van der Waals surface area contributed by atoms with Crippen LogP contribution in [0.1, 0.15) is 5.56 Å². The lowest BCUT2D eigenvalue weighted by Gasteiger charge is -2.08. The van der Waals surface area contributed by atoms with E-state index < -0.39 is 15.9 Å². The van der Waals surface area contributed by atoms with Crippen LogP contribution in [0.2, 0.25) is 0 Å². The lowest BCUT2D eigenvalue weighted by Crippen LogP contribution is -2.32. The Hall–Kier alpha value is -2.69. The van der Waals surface area contributed by atoms with Gasteiger partial charge < -0.3 is 5.32 Å². The Morgan fingerprint density at radius 1 is 1.05 bits per heavy atom. The molecule has 112 valence electrons. The monoisotopic (exact) mass is 315 g/mol. The van der Waals surface area contributed by atoms with Gasteiger partial charge in [-0.25, -0.2) is 13.1 Å². The molecular weight excluding hydrogens is 302 g/mol. The van der Waals surface area contributed by atoms with Crippen LogP contribution >= 0.6 is 0 Å². The van der Waals surface area contributed by atoms with Gasteiger partial charge in [-0.3, -0.25) is 4.79 Å². The van der Waals surface area contributed by atoms with Crippen LogP contribution < -0.4 is 10.0 Å². The first-order valence-corrected chi connectivity index (χ1v) is 7.84. The third kappa shape index (κ3) is 4.15. The Kier molecular flexibility index (Phi) is 4.88. The molecule has 0 spiro atoms. The Bertz CT molecular complexity index is 794. The molecule has 0 radical (unpaired) electrons. The van der Waals surface area contributed by atoms with Gasteiger partial charge in [-0.2, -0.15) is 5.26 Å². The van der Waals surface area contributed by atoms with Gasteiger partial charge in [-0.05, 0) is 36.4 Å². The highest BCUT2D eigenvalue weighted by atomic mass is 32.2. The van der Waals surface area contributed by atoms with Crippen molar-refractivity contribution in [2.24, 2.45) is 0 Å². The van der Waals surface area contributed by atoms with Crippen molar-refractivity contribution < 1.29 is 13.2 Å². The van der Waals surface area contributed by atoms with Crippen molar-refractivity contribution in [1.29, 1.82) is 5.26 Å². The molecule has 0 heterocycles. The lowest BCUT2D eigenvalue weighted by atomic mass is 10.2. The van der Waals surface area contributed by atoms with Crippen molar-refractivity contribution in [2.45, 2.75) is 4.90 Å². The maximum atomic E-state index is 11.9. The standard InChI is InChI=1S/C15H13N3O3S/c16-10-12-6-8-13(9-7-12)18-15(19)11-17-22(20,21)14-4-2-1-3-5-14/h1-9,17H,11H2,(H,18,19). The molecule has 0 saturated carbocycles. The van der Waals surface area contributed by atoms with Crippen molar-refractivity contribution in [2.75, 3.05) is 11.9 Å². The molecule has 1 amide bonds. The quantitative estimate of drug-likeness (QED) is 0.873. The molecule has 22 heavy (non-hydrogen) atoms. The summed E-state index contributed by atoms with van der Waals surface area (Å²) in [6.45, 7) is -0.378. The smallest absolute Gasteiger partial charge is 0.241 e. The normalized spacial score (nSPS) is 10.7. The number of nitrogens with zero attached hydrogens (tertiary/aromatic N) is 1. The van der Waals surface area contributed by atoms with Crippen LogP contribution in [0.4, 0.5) is 5.69 Å². The summed E-state index contributed by atoms with van der Waals surface area (Å²) in [5, 5.41) is 11.2. The average Bonchev–Trinajstić information content (AvgIpc) is 2.55. The van der Waals surface area contributed by atoms with Crippen molar-refractivity contribution in [1.82, 2.24) is 4.72 Å². The molecule has 0 aliphatic heterocycles. The van der Waals surface area contributed by atoms with Crippen LogP contribution in [0.25, 0.3) is 0 Å². The minimum absolute atomic E-state index is 0.0983. The van der Waals surface area contributed by atoms with E-state index in [1.807, 2.05) is 6.07 Å². The molecule has 6 nitrogen and oxygen atoms in total. The number of hydrogen-bond acceptors (Lipinski definition) is 4. The summed E-state index contributed by atoms with van der Waals surface area (Å²) >= 11 is 0. The summed E-state index contributed by atoms with van der Waals surface area (Å²) in [4.78, 5) is 11.8. The summed E-state index contributed by atoms with van der Waals surface area (Å²) in [7, 11) is -3.71. The minimum atomic E-state index is -3.71. The molecule has 0 aliphatic rings. The van der Waals surface area contributed by atoms with Crippen LogP contribution in [0.15, 0.2) is 59.5 Å². The van der Waals surface area contributed by atoms with Crippen LogP contribution in [0.3, 0.4) is 0 Å². The molecule has 0 aliphatic carbocycles. The number of benzene rings is 2. The van der Waals surface area contributed by atoms with E-state index in [9.17, 15) is 13.2 Å². The van der Waals surface area contributed by atoms with E-state index in [1.54, 1.807) is 42.5 Å². The summed E-state index contributed by atoms with van der Waals surface area (Å²) in [6.07, 6.45) is 0. The van der Waals surface area contributed by atoms with Crippen molar-refractivity contribution in [3.63, 3.8) is 0 Å². The number of hydrogen-bond donors (Lipinski definition) is 2. The summed E-state index contributed by atoms with van der Waals surface area (Å²) in [6, 6.07) is 16.0. The van der Waals surface area contributed by atoms with Gasteiger partial charge in [0, 0.05) is 5.69 Å². The second-order valence-electron chi connectivity index (χ2n) is 4.37. The number of amides is 1. The molecule has 7 heteroatoms. The second-order valence-corrected chi connectivity index (χ2v) is 6.14. The molecule has 2 N–H and O–H groups in total. The number of rotatable bonds is 5. The topological polar surface area (TPSA) is 99.1 Å². The SMILES string of the molecule is N#Cc1ccc(NC(=O)CNS(=O)(=O)c2ccccc2)cc1. The van der Waals surface area contributed by atoms with E-state index in [0.717, 1.165) is 0 Å². The molecule has 0 unspecified atom stereocenters. The van der Waals surface area contributed by atoms with Crippen molar-refractivity contribution in [3.05, 3.63) is 60.2 Å². The highest BCUT2D eigenvalue weighted by Gasteiger charge is 2.14. The number of anilines is 1. The molecule has 0 atom stereocenters. The van der Waals surface area contributed by atoms with Crippen LogP contribution in [-0.4, -0.2) is 20.9 Å². The van der Waals surface area contributed by atoms with E-state index in [0.29, 0.717) is 11.3 Å². The summed E-state index contributed by atoms with van der Waals surface area (Å²) in [5.41, 5.74) is 0.964. The number of nitrogens with one attached hydrogen (secondary N) is 2. The van der Waals surface area contributed by atoms with Crippen molar-refractivity contribution in [3.8, 4) is 6.07 Å². The molecule has 0 bridgehead atoms. The highest BCUT2D eigenvalue weighted by Crippen LogP contribution is 2.09. The number of carbonyl (C=O) groups excluding carboxylic acids is 1. The fraction of sp³-hybridized carbons (Fsp3) is 0.0667. The Morgan fingerprint density at radius 2 is 1.68 bits per heavy atom. The molecule has 0 fully saturated rings. The predicted octanol–water partition coefficient (Wildman–Crippen LogP) is 1.48. The molecule has 2 rings (SSSR count). The third-order valence-corrected chi connectivity index (χ3v) is 4.19. The Balaban J connectivity index is 1.94. The number of nitriles is 1. The Morgan fingerprint density at radius 3 is 2.27 bits per heavy atom. The minimum Gasteiger partial charge on any atom is -0.325 e. The van der Waals surface area contributed by atoms with Gasteiger partial charge in [0.2, 0.25) is 15.9 Å². The fourth-order valence-electron chi connectivity index (χ4n) is 1.68. The van der Waals surface area contributed by atoms with Gasteiger partial charge in [0.1, 0.15) is 0 Å². The fourth-order valence-corrected chi connectivity index (χ4v) is 2.68. The first-order valence-electron chi connectivity index (χ1n) is 6.36. The van der Waals surface area contributed by atoms with Crippen LogP contribution in [0, 0.1) is 11.3 Å². The van der Waals surface area contributed by atoms with E-state index in [-0.39, 0.29) is 11.4 Å². The van der Waals surface area contributed by atoms with E-state index in [4.69, 9.17) is 5.26 Å². The van der Waals surface area contributed by atoms with E-state index >= 15 is 0 Å². The third-order valence-electron chi connectivity index (χ3n) is 2.77. The zero-order chi connectivity index (χ0) is 16.0. The Labute approximate surface area is 128 Å². The summed E-state index contributed by atoms with van der Waals surface area (Å²) < 4.78 is 26.1. The largest absolute Gasteiger partial charge is 0.325 e.